The Morgan fingerprint density at radius 1 is 1.42 bits per heavy atom. The summed E-state index contributed by atoms with van der Waals surface area (Å²) < 4.78 is 5.71. The van der Waals surface area contributed by atoms with Crippen LogP contribution in [0.3, 0.4) is 0 Å². The summed E-state index contributed by atoms with van der Waals surface area (Å²) >= 11 is 0. The zero-order chi connectivity index (χ0) is 13.7. The monoisotopic (exact) mass is 264 g/mol. The van der Waals surface area contributed by atoms with Gasteiger partial charge < -0.3 is 9.73 Å². The molecule has 1 fully saturated rings. The average molecular weight is 264 g/mol. The Balaban J connectivity index is 1.88. The second-order valence-electron chi connectivity index (χ2n) is 5.99. The minimum absolute atomic E-state index is 0.518. The summed E-state index contributed by atoms with van der Waals surface area (Å²) in [5, 5.41) is 3.43. The summed E-state index contributed by atoms with van der Waals surface area (Å²) in [6, 6.07) is 3.47. The molecule has 2 rings (SSSR count). The van der Waals surface area contributed by atoms with E-state index in [0.29, 0.717) is 6.04 Å². The van der Waals surface area contributed by atoms with Gasteiger partial charge in [0.1, 0.15) is 5.76 Å². The van der Waals surface area contributed by atoms with Gasteiger partial charge in [-0.05, 0) is 31.9 Å². The van der Waals surface area contributed by atoms with Crippen molar-refractivity contribution in [3.63, 3.8) is 0 Å². The lowest BCUT2D eigenvalue weighted by Gasteiger charge is -2.34. The SMILES string of the molecule is CCC1CCCCN1Cc1cc(CNC(C)C)co1. The lowest BCUT2D eigenvalue weighted by atomic mass is 10.00. The molecule has 1 aliphatic rings. The molecule has 1 N–H and O–H groups in total. The highest BCUT2D eigenvalue weighted by molar-refractivity contribution is 5.13. The maximum Gasteiger partial charge on any atom is 0.118 e. The fourth-order valence-corrected chi connectivity index (χ4v) is 2.85. The van der Waals surface area contributed by atoms with E-state index in [9.17, 15) is 0 Å². The molecule has 19 heavy (non-hydrogen) atoms. The lowest BCUT2D eigenvalue weighted by molar-refractivity contribution is 0.126. The second kappa shape index (κ2) is 7.11. The first-order chi connectivity index (χ1) is 9.19. The normalized spacial score (nSPS) is 21.2. The van der Waals surface area contributed by atoms with Gasteiger partial charge in [0, 0.05) is 24.2 Å². The van der Waals surface area contributed by atoms with Crippen LogP contribution in [0.15, 0.2) is 16.7 Å². The number of hydrogen-bond donors (Lipinski definition) is 1. The first-order valence-electron chi connectivity index (χ1n) is 7.72. The van der Waals surface area contributed by atoms with Crippen LogP contribution in [0.25, 0.3) is 0 Å². The minimum atomic E-state index is 0.518. The molecule has 1 saturated heterocycles. The van der Waals surface area contributed by atoms with Gasteiger partial charge >= 0.3 is 0 Å². The van der Waals surface area contributed by atoms with Crippen LogP contribution in [0, 0.1) is 0 Å². The molecular weight excluding hydrogens is 236 g/mol. The largest absolute Gasteiger partial charge is 0.468 e. The van der Waals surface area contributed by atoms with Gasteiger partial charge in [-0.3, -0.25) is 4.90 Å². The Morgan fingerprint density at radius 3 is 3.00 bits per heavy atom. The van der Waals surface area contributed by atoms with E-state index in [4.69, 9.17) is 4.42 Å². The van der Waals surface area contributed by atoms with E-state index in [1.807, 2.05) is 6.26 Å². The quantitative estimate of drug-likeness (QED) is 0.852. The summed E-state index contributed by atoms with van der Waals surface area (Å²) in [5.41, 5.74) is 1.26. The minimum Gasteiger partial charge on any atom is -0.468 e. The zero-order valence-electron chi connectivity index (χ0n) is 12.6. The standard InChI is InChI=1S/C16H28N2O/c1-4-15-7-5-6-8-18(15)11-16-9-14(12-19-16)10-17-13(2)3/h9,12-13,15,17H,4-8,10-11H2,1-3H3. The number of rotatable bonds is 6. The fraction of sp³-hybridized carbons (Fsp3) is 0.750. The predicted molar refractivity (Wildman–Crippen MR) is 79.0 cm³/mol. The van der Waals surface area contributed by atoms with Gasteiger partial charge in [-0.25, -0.2) is 0 Å². The third-order valence-electron chi connectivity index (χ3n) is 4.00. The fourth-order valence-electron chi connectivity index (χ4n) is 2.85. The van der Waals surface area contributed by atoms with Crippen molar-refractivity contribution < 1.29 is 4.42 Å². The molecule has 1 atom stereocenters. The third-order valence-corrected chi connectivity index (χ3v) is 4.00. The van der Waals surface area contributed by atoms with Gasteiger partial charge in [-0.1, -0.05) is 27.2 Å². The highest BCUT2D eigenvalue weighted by Crippen LogP contribution is 2.22. The van der Waals surface area contributed by atoms with Crippen LogP contribution in [-0.4, -0.2) is 23.5 Å². The van der Waals surface area contributed by atoms with E-state index >= 15 is 0 Å². The van der Waals surface area contributed by atoms with Crippen LogP contribution in [0.5, 0.6) is 0 Å². The van der Waals surface area contributed by atoms with Crippen molar-refractivity contribution in [2.45, 2.75) is 71.6 Å². The second-order valence-corrected chi connectivity index (χ2v) is 5.99. The molecule has 0 spiro atoms. The maximum atomic E-state index is 5.71. The van der Waals surface area contributed by atoms with Gasteiger partial charge in [-0.15, -0.1) is 0 Å². The summed E-state index contributed by atoms with van der Waals surface area (Å²) in [6.07, 6.45) is 7.22. The number of likely N-dealkylation sites (tertiary alicyclic amines) is 1. The average Bonchev–Trinajstić information content (AvgIpc) is 2.85. The van der Waals surface area contributed by atoms with Crippen molar-refractivity contribution in [3.8, 4) is 0 Å². The van der Waals surface area contributed by atoms with E-state index in [2.05, 4.69) is 37.1 Å². The highest BCUT2D eigenvalue weighted by atomic mass is 16.3. The molecule has 108 valence electrons. The summed E-state index contributed by atoms with van der Waals surface area (Å²) in [6.45, 7) is 9.72. The molecule has 1 aromatic heterocycles. The van der Waals surface area contributed by atoms with E-state index < -0.39 is 0 Å². The molecule has 0 aliphatic carbocycles. The Bertz CT molecular complexity index is 373. The molecule has 3 nitrogen and oxygen atoms in total. The summed E-state index contributed by atoms with van der Waals surface area (Å²) in [4.78, 5) is 2.59. The topological polar surface area (TPSA) is 28.4 Å². The number of hydrogen-bond acceptors (Lipinski definition) is 3. The maximum absolute atomic E-state index is 5.71. The number of furan rings is 1. The molecule has 1 unspecified atom stereocenters. The number of piperidine rings is 1. The van der Waals surface area contributed by atoms with Crippen LogP contribution >= 0.6 is 0 Å². The summed E-state index contributed by atoms with van der Waals surface area (Å²) in [7, 11) is 0. The molecular formula is C16H28N2O. The lowest BCUT2D eigenvalue weighted by Crippen LogP contribution is -2.38. The van der Waals surface area contributed by atoms with Crippen molar-refractivity contribution in [1.29, 1.82) is 0 Å². The van der Waals surface area contributed by atoms with Crippen LogP contribution in [0.2, 0.25) is 0 Å². The van der Waals surface area contributed by atoms with Crippen molar-refractivity contribution in [2.75, 3.05) is 6.54 Å². The first-order valence-corrected chi connectivity index (χ1v) is 7.72. The highest BCUT2D eigenvalue weighted by Gasteiger charge is 2.21. The molecule has 0 aromatic carbocycles. The van der Waals surface area contributed by atoms with E-state index in [1.54, 1.807) is 0 Å². The molecule has 0 radical (unpaired) electrons. The third kappa shape index (κ3) is 4.36. The number of nitrogens with one attached hydrogen (secondary N) is 1. The molecule has 3 heteroatoms. The van der Waals surface area contributed by atoms with Gasteiger partial charge in [0.05, 0.1) is 12.8 Å². The number of nitrogens with zero attached hydrogens (tertiary/aromatic N) is 1. The van der Waals surface area contributed by atoms with Crippen molar-refractivity contribution in [2.24, 2.45) is 0 Å². The Hall–Kier alpha value is -0.800. The molecule has 1 aliphatic heterocycles. The Morgan fingerprint density at radius 2 is 2.26 bits per heavy atom. The van der Waals surface area contributed by atoms with Crippen LogP contribution < -0.4 is 5.32 Å². The summed E-state index contributed by atoms with van der Waals surface area (Å²) in [5.74, 6) is 1.11. The molecule has 2 heterocycles. The van der Waals surface area contributed by atoms with Crippen molar-refractivity contribution in [3.05, 3.63) is 23.7 Å². The van der Waals surface area contributed by atoms with E-state index in [-0.39, 0.29) is 0 Å². The van der Waals surface area contributed by atoms with Crippen LogP contribution in [0.4, 0.5) is 0 Å². The zero-order valence-corrected chi connectivity index (χ0v) is 12.6. The smallest absolute Gasteiger partial charge is 0.118 e. The Labute approximate surface area is 117 Å². The molecule has 0 amide bonds. The molecule has 0 saturated carbocycles. The van der Waals surface area contributed by atoms with Gasteiger partial charge in [-0.2, -0.15) is 0 Å². The van der Waals surface area contributed by atoms with Crippen molar-refractivity contribution in [1.82, 2.24) is 10.2 Å². The van der Waals surface area contributed by atoms with E-state index in [1.165, 1.54) is 37.8 Å². The van der Waals surface area contributed by atoms with Crippen LogP contribution in [-0.2, 0) is 13.1 Å². The predicted octanol–water partition coefficient (Wildman–Crippen LogP) is 3.54. The van der Waals surface area contributed by atoms with E-state index in [0.717, 1.165) is 24.9 Å². The van der Waals surface area contributed by atoms with Crippen LogP contribution in [0.1, 0.15) is 57.8 Å². The van der Waals surface area contributed by atoms with Gasteiger partial charge in [0.2, 0.25) is 0 Å². The van der Waals surface area contributed by atoms with Gasteiger partial charge in [0.25, 0.3) is 0 Å². The first kappa shape index (κ1) is 14.6. The molecule has 0 bridgehead atoms. The van der Waals surface area contributed by atoms with Crippen molar-refractivity contribution >= 4 is 0 Å². The van der Waals surface area contributed by atoms with Gasteiger partial charge in [0.15, 0.2) is 0 Å². The molecule has 1 aromatic rings. The Kier molecular flexibility index (Phi) is 5.46.